The van der Waals surface area contributed by atoms with Gasteiger partial charge in [0.2, 0.25) is 5.82 Å². The van der Waals surface area contributed by atoms with Crippen molar-refractivity contribution >= 4 is 11.5 Å². The molecule has 2 heterocycles. The normalized spacial score (nSPS) is 16.7. The summed E-state index contributed by atoms with van der Waals surface area (Å²) in [7, 11) is 3.23. The van der Waals surface area contributed by atoms with E-state index in [2.05, 4.69) is 5.10 Å². The van der Waals surface area contributed by atoms with Gasteiger partial charge in [-0.15, -0.1) is 0 Å². The maximum absolute atomic E-state index is 15.4. The van der Waals surface area contributed by atoms with Gasteiger partial charge < -0.3 is 9.64 Å². The molecule has 1 aliphatic heterocycles. The number of alkyl halides is 1. The van der Waals surface area contributed by atoms with Crippen LogP contribution in [0, 0.1) is 17.0 Å². The zero-order chi connectivity index (χ0) is 18.2. The molecule has 1 aromatic heterocycles. The van der Waals surface area contributed by atoms with Gasteiger partial charge in [-0.2, -0.15) is 5.10 Å². The van der Waals surface area contributed by atoms with Crippen LogP contribution >= 0.6 is 0 Å². The molecule has 1 aliphatic rings. The highest BCUT2D eigenvalue weighted by atomic mass is 19.1. The Morgan fingerprint density at radius 2 is 2.04 bits per heavy atom. The molecule has 0 spiro atoms. The molecule has 0 bridgehead atoms. The lowest BCUT2D eigenvalue weighted by atomic mass is 9.86. The Balaban J connectivity index is 1.83. The molecule has 1 saturated heterocycles. The zero-order valence-corrected chi connectivity index (χ0v) is 14.5. The third kappa shape index (κ3) is 3.04. The molecule has 2 aromatic rings. The minimum atomic E-state index is -1.46. The second kappa shape index (κ2) is 6.34. The molecule has 8 heteroatoms. The van der Waals surface area contributed by atoms with E-state index in [0.717, 1.165) is 0 Å². The molecule has 0 amide bonds. The Bertz CT molecular complexity index is 797. The summed E-state index contributed by atoms with van der Waals surface area (Å²) in [6.45, 7) is 2.38. The van der Waals surface area contributed by atoms with Gasteiger partial charge in [0, 0.05) is 33.0 Å². The Hall–Kier alpha value is -2.64. The first-order valence-corrected chi connectivity index (χ1v) is 8.12. The Kier molecular flexibility index (Phi) is 4.36. The summed E-state index contributed by atoms with van der Waals surface area (Å²) in [6, 6.07) is 7.03. The Morgan fingerprint density at radius 1 is 1.36 bits per heavy atom. The summed E-state index contributed by atoms with van der Waals surface area (Å²) in [5, 5.41) is 15.5. The van der Waals surface area contributed by atoms with Crippen molar-refractivity contribution in [1.29, 1.82) is 0 Å². The van der Waals surface area contributed by atoms with E-state index in [1.54, 1.807) is 45.3 Å². The van der Waals surface area contributed by atoms with Crippen LogP contribution in [0.5, 0.6) is 5.75 Å². The number of piperidine rings is 1. The van der Waals surface area contributed by atoms with Crippen LogP contribution in [0.1, 0.15) is 24.1 Å². The molecule has 0 aliphatic carbocycles. The van der Waals surface area contributed by atoms with Crippen LogP contribution in [0.3, 0.4) is 0 Å². The molecular weight excluding hydrogens is 327 g/mol. The van der Waals surface area contributed by atoms with E-state index in [-0.39, 0.29) is 18.5 Å². The first kappa shape index (κ1) is 17.2. The van der Waals surface area contributed by atoms with E-state index in [1.165, 1.54) is 4.68 Å². The van der Waals surface area contributed by atoms with Crippen LogP contribution in [0.15, 0.2) is 24.3 Å². The smallest absolute Gasteiger partial charge is 0.333 e. The van der Waals surface area contributed by atoms with E-state index >= 15 is 4.39 Å². The lowest BCUT2D eigenvalue weighted by Crippen LogP contribution is -2.41. The monoisotopic (exact) mass is 348 g/mol. The average molecular weight is 348 g/mol. The van der Waals surface area contributed by atoms with Crippen LogP contribution in [0.4, 0.5) is 15.9 Å². The van der Waals surface area contributed by atoms with Crippen molar-refractivity contribution in [2.45, 2.75) is 25.4 Å². The maximum atomic E-state index is 15.4. The fraction of sp³-hybridized carbons (Fsp3) is 0.471. The fourth-order valence-corrected chi connectivity index (χ4v) is 3.47. The van der Waals surface area contributed by atoms with E-state index in [0.29, 0.717) is 35.9 Å². The van der Waals surface area contributed by atoms with Gasteiger partial charge in [0.15, 0.2) is 0 Å². The van der Waals surface area contributed by atoms with Gasteiger partial charge in [0.05, 0.1) is 12.0 Å². The van der Waals surface area contributed by atoms with Crippen LogP contribution in [0.25, 0.3) is 0 Å². The number of rotatable bonds is 4. The molecule has 0 unspecified atom stereocenters. The second-order valence-corrected chi connectivity index (χ2v) is 6.32. The van der Waals surface area contributed by atoms with Crippen LogP contribution in [-0.2, 0) is 12.7 Å². The quantitative estimate of drug-likeness (QED) is 0.627. The summed E-state index contributed by atoms with van der Waals surface area (Å²) >= 11 is 0. The minimum Gasteiger partial charge on any atom is -0.497 e. The number of anilines is 1. The number of benzene rings is 1. The highest BCUT2D eigenvalue weighted by Crippen LogP contribution is 2.41. The fourth-order valence-electron chi connectivity index (χ4n) is 3.47. The van der Waals surface area contributed by atoms with E-state index in [4.69, 9.17) is 4.74 Å². The summed E-state index contributed by atoms with van der Waals surface area (Å²) in [4.78, 5) is 12.8. The first-order valence-electron chi connectivity index (χ1n) is 8.12. The molecule has 0 radical (unpaired) electrons. The first-order chi connectivity index (χ1) is 11.9. The van der Waals surface area contributed by atoms with Gasteiger partial charge in [0.1, 0.15) is 17.1 Å². The number of methoxy groups -OCH3 is 1. The summed E-state index contributed by atoms with van der Waals surface area (Å²) in [5.74, 6) is 1.06. The highest BCUT2D eigenvalue weighted by molar-refractivity contribution is 5.61. The molecule has 25 heavy (non-hydrogen) atoms. The predicted molar refractivity (Wildman–Crippen MR) is 91.8 cm³/mol. The van der Waals surface area contributed by atoms with Crippen LogP contribution in [0.2, 0.25) is 0 Å². The van der Waals surface area contributed by atoms with Crippen molar-refractivity contribution in [2.75, 3.05) is 25.1 Å². The number of aryl methyl sites for hydroxylation is 2. The zero-order valence-electron chi connectivity index (χ0n) is 14.5. The van der Waals surface area contributed by atoms with E-state index in [1.807, 2.05) is 4.90 Å². The van der Waals surface area contributed by atoms with Crippen molar-refractivity contribution in [3.63, 3.8) is 0 Å². The lowest BCUT2D eigenvalue weighted by molar-refractivity contribution is -0.384. The van der Waals surface area contributed by atoms with Gasteiger partial charge in [-0.05, 0) is 24.6 Å². The Morgan fingerprint density at radius 3 is 2.64 bits per heavy atom. The summed E-state index contributed by atoms with van der Waals surface area (Å²) < 4.78 is 22.1. The van der Waals surface area contributed by atoms with E-state index in [9.17, 15) is 10.1 Å². The number of aromatic nitrogens is 2. The molecular formula is C17H21FN4O3. The molecule has 7 nitrogen and oxygen atoms in total. The third-order valence-electron chi connectivity index (χ3n) is 4.79. The van der Waals surface area contributed by atoms with Crippen molar-refractivity contribution in [3.8, 4) is 5.75 Å². The van der Waals surface area contributed by atoms with Crippen molar-refractivity contribution in [2.24, 2.45) is 7.05 Å². The predicted octanol–water partition coefficient (Wildman–Crippen LogP) is 3.11. The van der Waals surface area contributed by atoms with Crippen molar-refractivity contribution < 1.29 is 14.1 Å². The number of nitrogens with zero attached hydrogens (tertiary/aromatic N) is 4. The van der Waals surface area contributed by atoms with Crippen molar-refractivity contribution in [1.82, 2.24) is 9.78 Å². The molecule has 3 rings (SSSR count). The topological polar surface area (TPSA) is 73.4 Å². The minimum absolute atomic E-state index is 0.00441. The maximum Gasteiger partial charge on any atom is 0.333 e. The molecule has 0 atom stereocenters. The van der Waals surface area contributed by atoms with E-state index < -0.39 is 10.6 Å². The average Bonchev–Trinajstić information content (AvgIpc) is 2.90. The number of hydrogen-bond acceptors (Lipinski definition) is 5. The molecule has 134 valence electrons. The van der Waals surface area contributed by atoms with Crippen molar-refractivity contribution in [3.05, 3.63) is 45.6 Å². The summed E-state index contributed by atoms with van der Waals surface area (Å²) in [6.07, 6.45) is 0.503. The highest BCUT2D eigenvalue weighted by Gasteiger charge is 2.39. The van der Waals surface area contributed by atoms with Gasteiger partial charge in [0.25, 0.3) is 0 Å². The number of nitro groups is 1. The second-order valence-electron chi connectivity index (χ2n) is 6.32. The standard InChI is InChI=1S/C17H21FN4O3/c1-12-15(22(23)24)16(20(2)19-12)21-9-7-17(18,8-10-21)13-5-4-6-14(11-13)25-3/h4-6,11H,7-10H2,1-3H3. The number of hydrogen-bond donors (Lipinski definition) is 0. The van der Waals surface area contributed by atoms with Gasteiger partial charge in [-0.3, -0.25) is 10.1 Å². The Labute approximate surface area is 145 Å². The SMILES string of the molecule is COc1cccc(C2(F)CCN(c3c([N+](=O)[O-])c(C)nn3C)CC2)c1. The summed E-state index contributed by atoms with van der Waals surface area (Å²) in [5.41, 5.74) is -0.516. The van der Waals surface area contributed by atoms with Gasteiger partial charge in [-0.1, -0.05) is 12.1 Å². The lowest BCUT2D eigenvalue weighted by Gasteiger charge is -2.37. The third-order valence-corrected chi connectivity index (χ3v) is 4.79. The molecule has 0 saturated carbocycles. The largest absolute Gasteiger partial charge is 0.497 e. The van der Waals surface area contributed by atoms with Gasteiger partial charge in [-0.25, -0.2) is 9.07 Å². The molecule has 1 aromatic carbocycles. The van der Waals surface area contributed by atoms with Crippen LogP contribution < -0.4 is 9.64 Å². The van der Waals surface area contributed by atoms with Gasteiger partial charge >= 0.3 is 5.69 Å². The van der Waals surface area contributed by atoms with Crippen LogP contribution in [-0.4, -0.2) is 34.9 Å². The number of ether oxygens (including phenoxy) is 1. The molecule has 0 N–H and O–H groups in total. The number of halogens is 1. The molecule has 1 fully saturated rings.